The molecule has 0 bridgehead atoms. The van der Waals surface area contributed by atoms with Gasteiger partial charge in [0.2, 0.25) is 5.89 Å². The first-order chi connectivity index (χ1) is 16.2. The van der Waals surface area contributed by atoms with Gasteiger partial charge in [0, 0.05) is 17.7 Å². The van der Waals surface area contributed by atoms with Crippen LogP contribution in [0, 0.1) is 19.7 Å². The minimum atomic E-state index is -3.57. The third kappa shape index (κ3) is 5.40. The van der Waals surface area contributed by atoms with Crippen molar-refractivity contribution >= 4 is 15.7 Å². The molecule has 4 rings (SSSR count). The van der Waals surface area contributed by atoms with Gasteiger partial charge in [0.1, 0.15) is 17.3 Å². The minimum Gasteiger partial charge on any atom is -0.441 e. The predicted molar refractivity (Wildman–Crippen MR) is 126 cm³/mol. The molecule has 8 heteroatoms. The van der Waals surface area contributed by atoms with E-state index in [2.05, 4.69) is 10.3 Å². The molecule has 6 nitrogen and oxygen atoms in total. The van der Waals surface area contributed by atoms with E-state index in [1.54, 1.807) is 67.6 Å². The molecule has 3 aromatic carbocycles. The van der Waals surface area contributed by atoms with Crippen LogP contribution in [0.3, 0.4) is 0 Å². The van der Waals surface area contributed by atoms with Crippen molar-refractivity contribution in [2.24, 2.45) is 0 Å². The molecule has 34 heavy (non-hydrogen) atoms. The number of aryl methyl sites for hydroxylation is 2. The van der Waals surface area contributed by atoms with Gasteiger partial charge in [0.25, 0.3) is 5.91 Å². The number of aromatic nitrogens is 1. The van der Waals surface area contributed by atoms with E-state index < -0.39 is 9.84 Å². The fourth-order valence-electron chi connectivity index (χ4n) is 3.39. The van der Waals surface area contributed by atoms with Crippen LogP contribution >= 0.6 is 0 Å². The van der Waals surface area contributed by atoms with E-state index in [9.17, 15) is 17.6 Å². The van der Waals surface area contributed by atoms with E-state index in [0.717, 1.165) is 5.56 Å². The highest BCUT2D eigenvalue weighted by Crippen LogP contribution is 2.25. The quantitative estimate of drug-likeness (QED) is 0.404. The van der Waals surface area contributed by atoms with Gasteiger partial charge in [-0.1, -0.05) is 29.8 Å². The average molecular weight is 479 g/mol. The van der Waals surface area contributed by atoms with Crippen molar-refractivity contribution in [3.63, 3.8) is 0 Å². The lowest BCUT2D eigenvalue weighted by atomic mass is 10.1. The Bertz CT molecular complexity index is 1430. The monoisotopic (exact) mass is 478 g/mol. The Morgan fingerprint density at radius 3 is 2.38 bits per heavy atom. The first kappa shape index (κ1) is 23.4. The third-order valence-electron chi connectivity index (χ3n) is 5.34. The number of halogens is 1. The van der Waals surface area contributed by atoms with Crippen molar-refractivity contribution in [3.05, 3.63) is 107 Å². The molecule has 0 fully saturated rings. The molecule has 4 aromatic rings. The minimum absolute atomic E-state index is 0.204. The number of oxazole rings is 1. The standard InChI is InChI=1S/C26H23FN2O4S/c1-17-6-12-23(13-7-17)34(31,32)16-24-18(2)33-26(29-24)21-10-8-20(9-11-21)25(30)28-15-19-4-3-5-22(27)14-19/h3-14H,15-16H2,1-2H3,(H,28,30). The number of sulfone groups is 1. The van der Waals surface area contributed by atoms with Crippen molar-refractivity contribution < 1.29 is 22.0 Å². The number of amides is 1. The first-order valence-electron chi connectivity index (χ1n) is 10.6. The number of carbonyl (C=O) groups is 1. The molecule has 1 heterocycles. The molecular weight excluding hydrogens is 455 g/mol. The smallest absolute Gasteiger partial charge is 0.251 e. The second kappa shape index (κ2) is 9.61. The average Bonchev–Trinajstić information content (AvgIpc) is 3.17. The van der Waals surface area contributed by atoms with Crippen LogP contribution in [0.1, 0.15) is 32.9 Å². The summed E-state index contributed by atoms with van der Waals surface area (Å²) in [5.74, 6) is -0.236. The van der Waals surface area contributed by atoms with Gasteiger partial charge in [0.15, 0.2) is 9.84 Å². The van der Waals surface area contributed by atoms with Crippen molar-refractivity contribution in [2.45, 2.75) is 31.0 Å². The summed E-state index contributed by atoms with van der Waals surface area (Å²) in [7, 11) is -3.57. The van der Waals surface area contributed by atoms with Crippen LogP contribution < -0.4 is 5.32 Å². The Kier molecular flexibility index (Phi) is 6.61. The van der Waals surface area contributed by atoms with Crippen molar-refractivity contribution in [1.29, 1.82) is 0 Å². The Labute approximate surface area is 197 Å². The van der Waals surface area contributed by atoms with Crippen molar-refractivity contribution in [2.75, 3.05) is 0 Å². The Hall–Kier alpha value is -3.78. The van der Waals surface area contributed by atoms with E-state index in [1.165, 1.54) is 12.1 Å². The molecule has 0 atom stereocenters. The van der Waals surface area contributed by atoms with Crippen LogP contribution in [0.4, 0.5) is 4.39 Å². The summed E-state index contributed by atoms with van der Waals surface area (Å²) in [5.41, 5.74) is 3.01. The second-order valence-electron chi connectivity index (χ2n) is 7.98. The summed E-state index contributed by atoms with van der Waals surface area (Å²) in [6.45, 7) is 3.77. The Morgan fingerprint density at radius 2 is 1.71 bits per heavy atom. The molecule has 0 saturated heterocycles. The number of nitrogens with zero attached hydrogens (tertiary/aromatic N) is 1. The topological polar surface area (TPSA) is 89.3 Å². The maximum absolute atomic E-state index is 13.3. The largest absolute Gasteiger partial charge is 0.441 e. The summed E-state index contributed by atoms with van der Waals surface area (Å²) in [6.07, 6.45) is 0. The van der Waals surface area contributed by atoms with E-state index in [4.69, 9.17) is 4.42 Å². The highest BCUT2D eigenvalue weighted by Gasteiger charge is 2.21. The highest BCUT2D eigenvalue weighted by molar-refractivity contribution is 7.90. The third-order valence-corrected chi connectivity index (χ3v) is 6.98. The molecular formula is C26H23FN2O4S. The Morgan fingerprint density at radius 1 is 1.00 bits per heavy atom. The molecule has 0 radical (unpaired) electrons. The number of hydrogen-bond acceptors (Lipinski definition) is 5. The molecule has 0 saturated carbocycles. The van der Waals surface area contributed by atoms with E-state index in [1.807, 2.05) is 6.92 Å². The molecule has 0 aliphatic heterocycles. The summed E-state index contributed by atoms with van der Waals surface area (Å²) >= 11 is 0. The zero-order valence-corrected chi connectivity index (χ0v) is 19.5. The number of nitrogens with one attached hydrogen (secondary N) is 1. The maximum Gasteiger partial charge on any atom is 0.251 e. The highest BCUT2D eigenvalue weighted by atomic mass is 32.2. The second-order valence-corrected chi connectivity index (χ2v) is 9.97. The van der Waals surface area contributed by atoms with E-state index >= 15 is 0 Å². The number of rotatable bonds is 7. The summed E-state index contributed by atoms with van der Waals surface area (Å²) in [5, 5.41) is 2.75. The molecule has 0 unspecified atom stereocenters. The van der Waals surface area contributed by atoms with E-state index in [-0.39, 0.29) is 34.8 Å². The van der Waals surface area contributed by atoms with Gasteiger partial charge in [-0.15, -0.1) is 0 Å². The molecule has 174 valence electrons. The summed E-state index contributed by atoms with van der Waals surface area (Å²) in [6, 6.07) is 19.3. The lowest BCUT2D eigenvalue weighted by molar-refractivity contribution is 0.0951. The van der Waals surface area contributed by atoms with Crippen LogP contribution in [-0.4, -0.2) is 19.3 Å². The van der Waals surface area contributed by atoms with Crippen LogP contribution in [0.25, 0.3) is 11.5 Å². The lowest BCUT2D eigenvalue weighted by Crippen LogP contribution is -2.22. The zero-order chi connectivity index (χ0) is 24.3. The van der Waals surface area contributed by atoms with Gasteiger partial charge >= 0.3 is 0 Å². The van der Waals surface area contributed by atoms with Crippen LogP contribution in [0.2, 0.25) is 0 Å². The molecule has 0 aliphatic carbocycles. The summed E-state index contributed by atoms with van der Waals surface area (Å²) < 4.78 is 44.5. The van der Waals surface area contributed by atoms with Crippen molar-refractivity contribution in [1.82, 2.24) is 10.3 Å². The fourth-order valence-corrected chi connectivity index (χ4v) is 4.74. The number of benzene rings is 3. The van der Waals surface area contributed by atoms with Gasteiger partial charge in [-0.2, -0.15) is 0 Å². The molecule has 1 amide bonds. The van der Waals surface area contributed by atoms with Crippen LogP contribution in [0.15, 0.2) is 82.1 Å². The molecule has 1 N–H and O–H groups in total. The molecule has 1 aromatic heterocycles. The van der Waals surface area contributed by atoms with Gasteiger partial charge < -0.3 is 9.73 Å². The maximum atomic E-state index is 13.3. The normalized spacial score (nSPS) is 11.4. The van der Waals surface area contributed by atoms with Crippen LogP contribution in [0.5, 0.6) is 0 Å². The number of carbonyl (C=O) groups excluding carboxylic acids is 1. The lowest BCUT2D eigenvalue weighted by Gasteiger charge is -2.06. The SMILES string of the molecule is Cc1ccc(S(=O)(=O)Cc2nc(-c3ccc(C(=O)NCc4cccc(F)c4)cc3)oc2C)cc1. The van der Waals surface area contributed by atoms with Gasteiger partial charge in [0.05, 0.1) is 10.6 Å². The fraction of sp³-hybridized carbons (Fsp3) is 0.154. The molecule has 0 spiro atoms. The van der Waals surface area contributed by atoms with Gasteiger partial charge in [-0.3, -0.25) is 4.79 Å². The molecule has 0 aliphatic rings. The van der Waals surface area contributed by atoms with Crippen molar-refractivity contribution in [3.8, 4) is 11.5 Å². The Balaban J connectivity index is 1.45. The summed E-state index contributed by atoms with van der Waals surface area (Å²) in [4.78, 5) is 17.0. The van der Waals surface area contributed by atoms with Gasteiger partial charge in [-0.25, -0.2) is 17.8 Å². The first-order valence-corrected chi connectivity index (χ1v) is 12.3. The zero-order valence-electron chi connectivity index (χ0n) is 18.7. The van der Waals surface area contributed by atoms with Gasteiger partial charge in [-0.05, 0) is 67.9 Å². The van der Waals surface area contributed by atoms with Crippen LogP contribution in [-0.2, 0) is 22.1 Å². The number of hydrogen-bond donors (Lipinski definition) is 1. The van der Waals surface area contributed by atoms with E-state index in [0.29, 0.717) is 28.1 Å². The predicted octanol–water partition coefficient (Wildman–Crippen LogP) is 5.00.